The Bertz CT molecular complexity index is 785. The van der Waals surface area contributed by atoms with Crippen LogP contribution in [0.3, 0.4) is 0 Å². The summed E-state index contributed by atoms with van der Waals surface area (Å²) in [6, 6.07) is 0. The van der Waals surface area contributed by atoms with Crippen molar-refractivity contribution in [3.05, 3.63) is 0 Å². The third-order valence-electron chi connectivity index (χ3n) is 13.7. The van der Waals surface area contributed by atoms with E-state index in [0.29, 0.717) is 11.8 Å². The van der Waals surface area contributed by atoms with Crippen molar-refractivity contribution in [2.24, 2.45) is 0 Å². The highest BCUT2D eigenvalue weighted by atomic mass is 16.2. The summed E-state index contributed by atoms with van der Waals surface area (Å²) in [5, 5.41) is 0. The summed E-state index contributed by atoms with van der Waals surface area (Å²) in [5.41, 5.74) is 0. The van der Waals surface area contributed by atoms with E-state index in [2.05, 4.69) is 49.4 Å². The van der Waals surface area contributed by atoms with Crippen LogP contribution < -0.4 is 0 Å². The predicted molar refractivity (Wildman–Crippen MR) is 277 cm³/mol. The van der Waals surface area contributed by atoms with Gasteiger partial charge in [0.2, 0.25) is 11.8 Å². The van der Waals surface area contributed by atoms with Gasteiger partial charge in [-0.2, -0.15) is 0 Å². The molecule has 0 heterocycles. The molecule has 0 aliphatic rings. The number of hydrogen-bond donors (Lipinski definition) is 0. The Morgan fingerprint density at radius 1 is 0.242 bits per heavy atom. The number of carbonyl (C=O) groups excluding carboxylic acids is 2. The highest BCUT2D eigenvalue weighted by molar-refractivity contribution is 5.76. The third-order valence-corrected chi connectivity index (χ3v) is 13.7. The second-order valence-corrected chi connectivity index (χ2v) is 20.0. The van der Waals surface area contributed by atoms with Crippen molar-refractivity contribution < 1.29 is 9.59 Å². The molecule has 0 radical (unpaired) electrons. The molecule has 62 heavy (non-hydrogen) atoms. The highest BCUT2D eigenvalue weighted by Gasteiger charge is 2.14. The van der Waals surface area contributed by atoms with Crippen molar-refractivity contribution in [1.82, 2.24) is 14.7 Å². The fourth-order valence-corrected chi connectivity index (χ4v) is 9.27. The number of carbonyl (C=O) groups is 2. The Morgan fingerprint density at radius 3 is 0.645 bits per heavy atom. The zero-order valence-corrected chi connectivity index (χ0v) is 43.5. The van der Waals surface area contributed by atoms with Gasteiger partial charge in [-0.1, -0.05) is 246 Å². The van der Waals surface area contributed by atoms with E-state index < -0.39 is 0 Å². The van der Waals surface area contributed by atoms with Gasteiger partial charge in [0.15, 0.2) is 0 Å². The topological polar surface area (TPSA) is 43.9 Å². The van der Waals surface area contributed by atoms with E-state index in [4.69, 9.17) is 0 Å². The Morgan fingerprint density at radius 2 is 0.419 bits per heavy atom. The molecule has 0 atom stereocenters. The lowest BCUT2D eigenvalue weighted by atomic mass is 10.1. The molecule has 0 bridgehead atoms. The summed E-state index contributed by atoms with van der Waals surface area (Å²) >= 11 is 0. The van der Waals surface area contributed by atoms with E-state index in [9.17, 15) is 9.59 Å². The van der Waals surface area contributed by atoms with Crippen LogP contribution in [0.4, 0.5) is 0 Å². The molecule has 0 aromatic rings. The van der Waals surface area contributed by atoms with Gasteiger partial charge in [0.1, 0.15) is 0 Å². The Kier molecular flexibility index (Phi) is 50.0. The molecular weight excluding hydrogens is 759 g/mol. The fraction of sp³-hybridized carbons (Fsp3) is 0.965. The summed E-state index contributed by atoms with van der Waals surface area (Å²) in [5.74, 6) is 0.847. The molecule has 0 saturated carbocycles. The van der Waals surface area contributed by atoms with Crippen LogP contribution in [0.5, 0.6) is 0 Å². The number of rotatable bonds is 52. The fourth-order valence-electron chi connectivity index (χ4n) is 9.27. The van der Waals surface area contributed by atoms with Crippen molar-refractivity contribution in [2.75, 3.05) is 46.3 Å². The van der Waals surface area contributed by atoms with Crippen molar-refractivity contribution in [1.29, 1.82) is 0 Å². The molecule has 0 aliphatic carbocycles. The van der Waals surface area contributed by atoms with Gasteiger partial charge in [0, 0.05) is 39.0 Å². The van der Waals surface area contributed by atoms with Crippen molar-refractivity contribution in [2.45, 2.75) is 310 Å². The lowest BCUT2D eigenvalue weighted by molar-refractivity contribution is -0.132. The Labute approximate surface area is 391 Å². The lowest BCUT2D eigenvalue weighted by Crippen LogP contribution is -2.32. The lowest BCUT2D eigenvalue weighted by Gasteiger charge is -2.23. The van der Waals surface area contributed by atoms with Crippen molar-refractivity contribution >= 4 is 11.8 Å². The minimum absolute atomic E-state index is 0.423. The number of amides is 2. The predicted octanol–water partition coefficient (Wildman–Crippen LogP) is 17.8. The smallest absolute Gasteiger partial charge is 0.222 e. The van der Waals surface area contributed by atoms with E-state index in [-0.39, 0.29) is 0 Å². The average Bonchev–Trinajstić information content (AvgIpc) is 3.27. The molecule has 0 rings (SSSR count). The van der Waals surface area contributed by atoms with Crippen LogP contribution in [-0.4, -0.2) is 72.8 Å². The molecule has 0 fully saturated rings. The second-order valence-electron chi connectivity index (χ2n) is 20.0. The first-order chi connectivity index (χ1) is 30.5. The summed E-state index contributed by atoms with van der Waals surface area (Å²) in [6.45, 7) is 15.5. The van der Waals surface area contributed by atoms with E-state index in [1.165, 1.54) is 270 Å². The first-order valence-corrected chi connectivity index (χ1v) is 28.7. The number of nitrogens with zero attached hydrogens (tertiary/aromatic N) is 3. The molecule has 0 aromatic carbocycles. The van der Waals surface area contributed by atoms with Gasteiger partial charge in [-0.3, -0.25) is 9.59 Å². The molecule has 0 aliphatic heterocycles. The molecule has 0 saturated heterocycles. The summed E-state index contributed by atoms with van der Waals surface area (Å²) in [7, 11) is 2.29. The molecule has 5 nitrogen and oxygen atoms in total. The Hall–Kier alpha value is -1.10. The van der Waals surface area contributed by atoms with Crippen LogP contribution in [0.15, 0.2) is 0 Å². The Balaban J connectivity index is 4.22. The van der Waals surface area contributed by atoms with Crippen LogP contribution >= 0.6 is 0 Å². The standard InChI is InChI=1S/C57H115N3O2/c1-6-10-14-18-22-26-36-44-52-59(53-45-37-27-23-19-15-11-7-2)56(61)48-40-32-30-34-42-50-58(5)51-43-35-31-33-41-49-57(62)60(54-46-38-28-24-20-16-12-8-3)55-47-39-29-25-21-17-13-9-4/h6-55H2,1-5H3. The number of hydrogen-bond acceptors (Lipinski definition) is 3. The quantitative estimate of drug-likeness (QED) is 0.0572. The normalized spacial score (nSPS) is 11.6. The van der Waals surface area contributed by atoms with E-state index in [1.807, 2.05) is 0 Å². The minimum Gasteiger partial charge on any atom is -0.343 e. The van der Waals surface area contributed by atoms with Crippen molar-refractivity contribution in [3.63, 3.8) is 0 Å². The largest absolute Gasteiger partial charge is 0.343 e. The van der Waals surface area contributed by atoms with Gasteiger partial charge in [0.25, 0.3) is 0 Å². The first kappa shape index (κ1) is 60.9. The molecule has 0 spiro atoms. The summed E-state index contributed by atoms with van der Waals surface area (Å²) in [4.78, 5) is 33.6. The van der Waals surface area contributed by atoms with Crippen LogP contribution in [0, 0.1) is 0 Å². The summed E-state index contributed by atoms with van der Waals surface area (Å²) < 4.78 is 0. The van der Waals surface area contributed by atoms with Gasteiger partial charge in [-0.25, -0.2) is 0 Å². The SMILES string of the molecule is CCCCCCCCCCN(CCCCCCCCCC)C(=O)CCCCCCCN(C)CCCCCCCC(=O)N(CCCCCCCCCC)CCCCCCCCCC. The molecule has 2 amide bonds. The molecule has 370 valence electrons. The third kappa shape index (κ3) is 44.1. The van der Waals surface area contributed by atoms with Gasteiger partial charge in [0.05, 0.1) is 0 Å². The minimum atomic E-state index is 0.423. The van der Waals surface area contributed by atoms with Gasteiger partial charge in [-0.05, 0) is 71.5 Å². The summed E-state index contributed by atoms with van der Waals surface area (Å²) in [6.07, 6.45) is 56.1. The van der Waals surface area contributed by atoms with E-state index in [1.54, 1.807) is 0 Å². The van der Waals surface area contributed by atoms with Crippen LogP contribution in [0.25, 0.3) is 0 Å². The molecular formula is C57H115N3O2. The molecule has 0 unspecified atom stereocenters. The maximum atomic E-state index is 13.3. The van der Waals surface area contributed by atoms with E-state index >= 15 is 0 Å². The monoisotopic (exact) mass is 874 g/mol. The van der Waals surface area contributed by atoms with Gasteiger partial charge < -0.3 is 14.7 Å². The van der Waals surface area contributed by atoms with Gasteiger partial charge in [-0.15, -0.1) is 0 Å². The average molecular weight is 875 g/mol. The highest BCUT2D eigenvalue weighted by Crippen LogP contribution is 2.16. The van der Waals surface area contributed by atoms with Crippen molar-refractivity contribution in [3.8, 4) is 0 Å². The maximum absolute atomic E-state index is 13.3. The van der Waals surface area contributed by atoms with Crippen LogP contribution in [0.2, 0.25) is 0 Å². The molecule has 5 heteroatoms. The maximum Gasteiger partial charge on any atom is 0.222 e. The first-order valence-electron chi connectivity index (χ1n) is 28.7. The van der Waals surface area contributed by atoms with E-state index in [0.717, 1.165) is 51.9 Å². The van der Waals surface area contributed by atoms with Crippen LogP contribution in [-0.2, 0) is 9.59 Å². The second kappa shape index (κ2) is 50.9. The molecule has 0 N–H and O–H groups in total. The zero-order chi connectivity index (χ0) is 45.2. The number of unbranched alkanes of at least 4 members (excludes halogenated alkanes) is 36. The molecule has 0 aromatic heterocycles. The zero-order valence-electron chi connectivity index (χ0n) is 43.5. The van der Waals surface area contributed by atoms with Gasteiger partial charge >= 0.3 is 0 Å². The van der Waals surface area contributed by atoms with Crippen LogP contribution in [0.1, 0.15) is 310 Å².